The molecule has 0 amide bonds. The molecule has 0 spiro atoms. The summed E-state index contributed by atoms with van der Waals surface area (Å²) in [6.07, 6.45) is 5.67. The summed E-state index contributed by atoms with van der Waals surface area (Å²) in [5, 5.41) is 12.2. The van der Waals surface area contributed by atoms with E-state index in [0.717, 1.165) is 28.6 Å². The summed E-state index contributed by atoms with van der Waals surface area (Å²) in [6, 6.07) is 8.00. The summed E-state index contributed by atoms with van der Waals surface area (Å²) >= 11 is 3.39. The second-order valence-corrected chi connectivity index (χ2v) is 5.32. The third-order valence-corrected chi connectivity index (χ3v) is 2.97. The van der Waals surface area contributed by atoms with Gasteiger partial charge in [-0.25, -0.2) is 0 Å². The molecule has 1 aromatic rings. The molecule has 0 unspecified atom stereocenters. The van der Waals surface area contributed by atoms with Crippen molar-refractivity contribution in [1.82, 2.24) is 0 Å². The van der Waals surface area contributed by atoms with Crippen LogP contribution in [0, 0.1) is 5.92 Å². The van der Waals surface area contributed by atoms with E-state index in [1.54, 1.807) is 0 Å². The molecular weight excluding hydrogens is 278 g/mol. The number of oxime groups is 1. The van der Waals surface area contributed by atoms with Gasteiger partial charge in [0.05, 0.1) is 5.71 Å². The minimum atomic E-state index is 0.618. The Morgan fingerprint density at radius 2 is 2.00 bits per heavy atom. The lowest BCUT2D eigenvalue weighted by Gasteiger charge is -2.02. The minimum absolute atomic E-state index is 0.618. The fourth-order valence-corrected chi connectivity index (χ4v) is 1.63. The van der Waals surface area contributed by atoms with Crippen LogP contribution in [-0.2, 0) is 0 Å². The summed E-state index contributed by atoms with van der Waals surface area (Å²) in [5.41, 5.74) is 1.82. The Kier molecular flexibility index (Phi) is 5.98. The Bertz CT molecular complexity index is 393. The molecule has 0 aliphatic rings. The van der Waals surface area contributed by atoms with Crippen molar-refractivity contribution >= 4 is 27.7 Å². The third-order valence-electron chi connectivity index (χ3n) is 2.44. The maximum Gasteiger partial charge on any atom is 0.0796 e. The van der Waals surface area contributed by atoms with Gasteiger partial charge in [-0.15, -0.1) is 0 Å². The van der Waals surface area contributed by atoms with Crippen LogP contribution in [0.15, 0.2) is 40.0 Å². The number of nitrogens with zero attached hydrogens (tertiary/aromatic N) is 1. The smallest absolute Gasteiger partial charge is 0.0796 e. The van der Waals surface area contributed by atoms with Crippen LogP contribution >= 0.6 is 15.9 Å². The molecule has 1 aromatic carbocycles. The molecule has 0 aromatic heterocycles. The molecule has 0 bridgehead atoms. The summed E-state index contributed by atoms with van der Waals surface area (Å²) < 4.78 is 1.06. The average molecular weight is 296 g/mol. The summed E-state index contributed by atoms with van der Waals surface area (Å²) in [5.74, 6) is 0.618. The van der Waals surface area contributed by atoms with Crippen LogP contribution in [0.2, 0.25) is 0 Å². The number of hydrogen-bond acceptors (Lipinski definition) is 2. The summed E-state index contributed by atoms with van der Waals surface area (Å²) in [6.45, 7) is 4.32. The predicted octanol–water partition coefficient (Wildman–Crippen LogP) is 4.73. The van der Waals surface area contributed by atoms with Crippen LogP contribution < -0.4 is 0 Å². The zero-order valence-corrected chi connectivity index (χ0v) is 11.8. The first-order chi connectivity index (χ1) is 8.11. The van der Waals surface area contributed by atoms with E-state index in [9.17, 15) is 0 Å². The van der Waals surface area contributed by atoms with Gasteiger partial charge >= 0.3 is 0 Å². The molecule has 0 atom stereocenters. The van der Waals surface area contributed by atoms with Gasteiger partial charge in [0.15, 0.2) is 0 Å². The highest BCUT2D eigenvalue weighted by atomic mass is 79.9. The molecule has 17 heavy (non-hydrogen) atoms. The van der Waals surface area contributed by atoms with E-state index in [1.165, 1.54) is 0 Å². The van der Waals surface area contributed by atoms with Crippen LogP contribution in [0.3, 0.4) is 0 Å². The molecule has 1 rings (SSSR count). The molecule has 0 aliphatic carbocycles. The quantitative estimate of drug-likeness (QED) is 0.475. The van der Waals surface area contributed by atoms with Crippen molar-refractivity contribution in [3.05, 3.63) is 40.4 Å². The van der Waals surface area contributed by atoms with Gasteiger partial charge < -0.3 is 5.21 Å². The Hall–Kier alpha value is -1.09. The largest absolute Gasteiger partial charge is 0.411 e. The first kappa shape index (κ1) is 14.0. The van der Waals surface area contributed by atoms with Crippen molar-refractivity contribution in [2.75, 3.05) is 0 Å². The number of rotatable bonds is 5. The van der Waals surface area contributed by atoms with Crippen molar-refractivity contribution in [2.24, 2.45) is 11.1 Å². The molecule has 3 heteroatoms. The number of benzene rings is 1. The maximum atomic E-state index is 8.89. The highest BCUT2D eigenvalue weighted by Gasteiger charge is 1.99. The van der Waals surface area contributed by atoms with Crippen LogP contribution in [0.5, 0.6) is 0 Å². The van der Waals surface area contributed by atoms with Crippen molar-refractivity contribution in [2.45, 2.75) is 26.7 Å². The Morgan fingerprint density at radius 3 is 2.53 bits per heavy atom. The van der Waals surface area contributed by atoms with Crippen LogP contribution in [0.25, 0.3) is 6.08 Å². The van der Waals surface area contributed by atoms with E-state index in [1.807, 2.05) is 36.4 Å². The second kappa shape index (κ2) is 7.28. The molecule has 0 saturated heterocycles. The van der Waals surface area contributed by atoms with Gasteiger partial charge in [-0.3, -0.25) is 0 Å². The predicted molar refractivity (Wildman–Crippen MR) is 76.5 cm³/mol. The average Bonchev–Trinajstić information content (AvgIpc) is 2.31. The molecule has 0 fully saturated rings. The van der Waals surface area contributed by atoms with Gasteiger partial charge in [-0.1, -0.05) is 53.1 Å². The molecule has 0 aliphatic heterocycles. The van der Waals surface area contributed by atoms with Crippen molar-refractivity contribution in [3.8, 4) is 0 Å². The van der Waals surface area contributed by atoms with Crippen molar-refractivity contribution < 1.29 is 5.21 Å². The minimum Gasteiger partial charge on any atom is -0.411 e. The van der Waals surface area contributed by atoms with Gasteiger partial charge in [0.2, 0.25) is 0 Å². The summed E-state index contributed by atoms with van der Waals surface area (Å²) in [7, 11) is 0. The number of allylic oxidation sites excluding steroid dienone is 1. The van der Waals surface area contributed by atoms with E-state index >= 15 is 0 Å². The highest BCUT2D eigenvalue weighted by Crippen LogP contribution is 2.12. The SMILES string of the molecule is CC(C)CCC(/C=C/c1ccc(Br)cc1)=N\O. The van der Waals surface area contributed by atoms with Gasteiger partial charge in [0.1, 0.15) is 0 Å². The molecule has 0 radical (unpaired) electrons. The molecule has 2 nitrogen and oxygen atoms in total. The van der Waals surface area contributed by atoms with Gasteiger partial charge in [-0.05, 0) is 42.5 Å². The van der Waals surface area contributed by atoms with E-state index in [0.29, 0.717) is 5.92 Å². The van der Waals surface area contributed by atoms with E-state index in [-0.39, 0.29) is 0 Å². The van der Waals surface area contributed by atoms with Gasteiger partial charge in [0.25, 0.3) is 0 Å². The van der Waals surface area contributed by atoms with Crippen LogP contribution in [0.4, 0.5) is 0 Å². The lowest BCUT2D eigenvalue weighted by Crippen LogP contribution is -1.97. The Balaban J connectivity index is 2.59. The first-order valence-corrected chi connectivity index (χ1v) is 6.55. The van der Waals surface area contributed by atoms with E-state index in [4.69, 9.17) is 5.21 Å². The van der Waals surface area contributed by atoms with Crippen LogP contribution in [0.1, 0.15) is 32.3 Å². The van der Waals surface area contributed by atoms with Crippen molar-refractivity contribution in [1.29, 1.82) is 0 Å². The van der Waals surface area contributed by atoms with E-state index < -0.39 is 0 Å². The van der Waals surface area contributed by atoms with Crippen molar-refractivity contribution in [3.63, 3.8) is 0 Å². The lowest BCUT2D eigenvalue weighted by atomic mass is 10.0. The Labute approximate surface area is 111 Å². The zero-order chi connectivity index (χ0) is 12.7. The second-order valence-electron chi connectivity index (χ2n) is 4.41. The van der Waals surface area contributed by atoms with Gasteiger partial charge in [-0.2, -0.15) is 0 Å². The van der Waals surface area contributed by atoms with Gasteiger partial charge in [0, 0.05) is 4.47 Å². The summed E-state index contributed by atoms with van der Waals surface area (Å²) in [4.78, 5) is 0. The normalized spacial score (nSPS) is 12.6. The first-order valence-electron chi connectivity index (χ1n) is 5.76. The topological polar surface area (TPSA) is 32.6 Å². The maximum absolute atomic E-state index is 8.89. The molecular formula is C14H18BrNO. The molecule has 0 heterocycles. The monoisotopic (exact) mass is 295 g/mol. The molecule has 92 valence electrons. The number of hydrogen-bond donors (Lipinski definition) is 1. The van der Waals surface area contributed by atoms with Crippen LogP contribution in [-0.4, -0.2) is 10.9 Å². The highest BCUT2D eigenvalue weighted by molar-refractivity contribution is 9.10. The zero-order valence-electron chi connectivity index (χ0n) is 10.2. The lowest BCUT2D eigenvalue weighted by molar-refractivity contribution is 0.317. The molecule has 1 N–H and O–H groups in total. The molecule has 0 saturated carbocycles. The third kappa shape index (κ3) is 5.68. The fourth-order valence-electron chi connectivity index (χ4n) is 1.37. The Morgan fingerprint density at radius 1 is 1.35 bits per heavy atom. The van der Waals surface area contributed by atoms with E-state index in [2.05, 4.69) is 34.9 Å². The number of halogens is 1. The fraction of sp³-hybridized carbons (Fsp3) is 0.357. The standard InChI is InChI=1S/C14H18BrNO/c1-11(2)3-9-14(16-17)10-6-12-4-7-13(15)8-5-12/h4-8,10-11,17H,3,9H2,1-2H3/b10-6+,16-14+.